The molecule has 9 nitrogen and oxygen atoms in total. The van der Waals surface area contributed by atoms with Gasteiger partial charge < -0.3 is 20.5 Å². The second-order valence-electron chi connectivity index (χ2n) is 7.64. The molecule has 0 bridgehead atoms. The van der Waals surface area contributed by atoms with Gasteiger partial charge in [0, 0.05) is 5.92 Å². The number of carbonyl (C=O) groups excluding carboxylic acids is 2. The number of hydrogen-bond acceptors (Lipinski definition) is 6. The summed E-state index contributed by atoms with van der Waals surface area (Å²) in [5.74, 6) is -2.08. The lowest BCUT2D eigenvalue weighted by molar-refractivity contribution is -0.139. The van der Waals surface area contributed by atoms with Crippen LogP contribution in [0, 0.1) is 6.92 Å². The number of benzene rings is 2. The van der Waals surface area contributed by atoms with Gasteiger partial charge in [-0.25, -0.2) is 4.79 Å². The van der Waals surface area contributed by atoms with Crippen LogP contribution in [0.15, 0.2) is 60.8 Å². The van der Waals surface area contributed by atoms with E-state index >= 15 is 0 Å². The smallest absolute Gasteiger partial charge is 0.407 e. The highest BCUT2D eigenvalue weighted by Gasteiger charge is 2.30. The third-order valence-corrected chi connectivity index (χ3v) is 5.49. The van der Waals surface area contributed by atoms with Gasteiger partial charge >= 0.3 is 12.1 Å². The largest absolute Gasteiger partial charge is 0.481 e. The molecule has 4 rings (SSSR count). The highest BCUT2D eigenvalue weighted by atomic mass is 16.5. The molecule has 1 aliphatic carbocycles. The Labute approximate surface area is 189 Å². The van der Waals surface area contributed by atoms with Crippen LogP contribution in [0.5, 0.6) is 0 Å². The second-order valence-corrected chi connectivity index (χ2v) is 7.64. The van der Waals surface area contributed by atoms with Gasteiger partial charge in [-0.1, -0.05) is 48.5 Å². The van der Waals surface area contributed by atoms with E-state index in [1.54, 1.807) is 6.92 Å². The van der Waals surface area contributed by atoms with E-state index in [1.807, 2.05) is 48.5 Å². The first-order chi connectivity index (χ1) is 15.9. The lowest BCUT2D eigenvalue weighted by Crippen LogP contribution is -2.45. The number of hydrogen-bond donors (Lipinski definition) is 3. The number of anilines is 1. The molecule has 0 spiro atoms. The maximum absolute atomic E-state index is 12.6. The first-order valence-electron chi connectivity index (χ1n) is 10.4. The molecular formula is C24H22N4O5. The molecular weight excluding hydrogens is 424 g/mol. The number of aliphatic carboxylic acids is 1. The molecule has 0 radical (unpaired) electrons. The second kappa shape index (κ2) is 9.47. The van der Waals surface area contributed by atoms with Gasteiger partial charge in [0.1, 0.15) is 12.6 Å². The molecule has 33 heavy (non-hydrogen) atoms. The number of ether oxygens (including phenoxy) is 1. The number of alkyl carbamates (subject to hydrolysis) is 1. The lowest BCUT2D eigenvalue weighted by Gasteiger charge is -2.19. The third kappa shape index (κ3) is 4.82. The molecule has 0 saturated heterocycles. The molecule has 1 atom stereocenters. The number of aryl methyl sites for hydroxylation is 1. The quantitative estimate of drug-likeness (QED) is 0.508. The predicted molar refractivity (Wildman–Crippen MR) is 120 cm³/mol. The zero-order valence-electron chi connectivity index (χ0n) is 17.8. The van der Waals surface area contributed by atoms with Crippen LogP contribution in [0.3, 0.4) is 0 Å². The molecule has 3 N–H and O–H groups in total. The average molecular weight is 446 g/mol. The summed E-state index contributed by atoms with van der Waals surface area (Å²) in [6, 6.07) is 16.0. The molecule has 168 valence electrons. The normalized spacial score (nSPS) is 12.9. The van der Waals surface area contributed by atoms with Crippen LogP contribution in [0.1, 0.15) is 29.2 Å². The topological polar surface area (TPSA) is 131 Å². The van der Waals surface area contributed by atoms with Crippen LogP contribution in [-0.2, 0) is 14.3 Å². The van der Waals surface area contributed by atoms with Crippen LogP contribution < -0.4 is 10.6 Å². The van der Waals surface area contributed by atoms with E-state index in [4.69, 9.17) is 4.74 Å². The van der Waals surface area contributed by atoms with Gasteiger partial charge in [-0.2, -0.15) is 10.2 Å². The van der Waals surface area contributed by atoms with Gasteiger partial charge in [0.05, 0.1) is 24.0 Å². The van der Waals surface area contributed by atoms with E-state index < -0.39 is 30.4 Å². The summed E-state index contributed by atoms with van der Waals surface area (Å²) in [5, 5.41) is 21.7. The summed E-state index contributed by atoms with van der Waals surface area (Å²) in [7, 11) is 0. The summed E-state index contributed by atoms with van der Waals surface area (Å²) in [5.41, 5.74) is 5.11. The van der Waals surface area contributed by atoms with E-state index in [-0.39, 0.29) is 12.5 Å². The van der Waals surface area contributed by atoms with Crippen LogP contribution in [-0.4, -0.2) is 45.9 Å². The Morgan fingerprint density at radius 1 is 1.03 bits per heavy atom. The van der Waals surface area contributed by atoms with Crippen molar-refractivity contribution in [1.82, 2.24) is 15.5 Å². The molecule has 2 amide bonds. The minimum Gasteiger partial charge on any atom is -0.481 e. The van der Waals surface area contributed by atoms with E-state index in [0.29, 0.717) is 11.4 Å². The Bertz CT molecular complexity index is 1170. The van der Waals surface area contributed by atoms with E-state index in [9.17, 15) is 19.5 Å². The summed E-state index contributed by atoms with van der Waals surface area (Å²) >= 11 is 0. The van der Waals surface area contributed by atoms with Gasteiger partial charge in [-0.3, -0.25) is 9.59 Å². The van der Waals surface area contributed by atoms with Crippen LogP contribution in [0.25, 0.3) is 11.1 Å². The molecule has 0 saturated carbocycles. The molecule has 1 aromatic heterocycles. The monoisotopic (exact) mass is 446 g/mol. The Morgan fingerprint density at radius 2 is 1.67 bits per heavy atom. The first kappa shape index (κ1) is 21.9. The van der Waals surface area contributed by atoms with E-state index in [2.05, 4.69) is 20.8 Å². The number of fused-ring (bicyclic) bond motifs is 3. The third-order valence-electron chi connectivity index (χ3n) is 5.49. The minimum absolute atomic E-state index is 0.0503. The SMILES string of the molecule is Cc1nnccc1NC(=O)C(CC(=O)O)NC(=O)OCC1c2ccccc2-c2ccccc21. The molecule has 1 heterocycles. The number of carbonyl (C=O) groups is 3. The van der Waals surface area contributed by atoms with Crippen molar-refractivity contribution in [1.29, 1.82) is 0 Å². The van der Waals surface area contributed by atoms with Crippen molar-refractivity contribution in [3.63, 3.8) is 0 Å². The number of carboxylic acids is 1. The fraction of sp³-hybridized carbons (Fsp3) is 0.208. The van der Waals surface area contributed by atoms with Crippen molar-refractivity contribution < 1.29 is 24.2 Å². The fourth-order valence-corrected chi connectivity index (χ4v) is 3.92. The zero-order valence-corrected chi connectivity index (χ0v) is 17.8. The van der Waals surface area contributed by atoms with Crippen molar-refractivity contribution >= 4 is 23.7 Å². The Hall–Kier alpha value is -4.27. The summed E-state index contributed by atoms with van der Waals surface area (Å²) in [6.07, 6.45) is -0.0793. The number of amides is 2. The van der Waals surface area contributed by atoms with Gasteiger partial charge in [-0.05, 0) is 35.2 Å². The van der Waals surface area contributed by atoms with Crippen LogP contribution in [0.2, 0.25) is 0 Å². The van der Waals surface area contributed by atoms with Crippen LogP contribution >= 0.6 is 0 Å². The Balaban J connectivity index is 1.43. The first-order valence-corrected chi connectivity index (χ1v) is 10.4. The van der Waals surface area contributed by atoms with Crippen molar-refractivity contribution in [2.45, 2.75) is 25.3 Å². The van der Waals surface area contributed by atoms with Crippen molar-refractivity contribution in [3.8, 4) is 11.1 Å². The fourth-order valence-electron chi connectivity index (χ4n) is 3.92. The Morgan fingerprint density at radius 3 is 2.27 bits per heavy atom. The molecule has 1 aliphatic rings. The standard InChI is InChI=1S/C24H22N4O5/c1-14-20(10-11-25-28-14)26-23(31)21(12-22(29)30)27-24(32)33-13-19-17-8-4-2-6-15(17)16-7-3-5-9-18(16)19/h2-11,19,21H,12-13H2,1H3,(H,27,32)(H,29,30)(H,25,26,31). The molecule has 3 aromatic rings. The maximum Gasteiger partial charge on any atom is 0.407 e. The highest BCUT2D eigenvalue weighted by Crippen LogP contribution is 2.44. The van der Waals surface area contributed by atoms with Gasteiger partial charge in [0.2, 0.25) is 5.91 Å². The summed E-state index contributed by atoms with van der Waals surface area (Å²) < 4.78 is 5.43. The minimum atomic E-state index is -1.33. The number of carboxylic acid groups (broad SMARTS) is 1. The molecule has 1 unspecified atom stereocenters. The number of nitrogens with zero attached hydrogens (tertiary/aromatic N) is 2. The average Bonchev–Trinajstić information content (AvgIpc) is 3.12. The van der Waals surface area contributed by atoms with E-state index in [1.165, 1.54) is 12.3 Å². The number of rotatable bonds is 7. The molecule has 2 aromatic carbocycles. The molecule has 9 heteroatoms. The van der Waals surface area contributed by atoms with Crippen molar-refractivity contribution in [3.05, 3.63) is 77.6 Å². The number of nitrogens with one attached hydrogen (secondary N) is 2. The zero-order chi connectivity index (χ0) is 23.4. The summed E-state index contributed by atoms with van der Waals surface area (Å²) in [6.45, 7) is 1.70. The molecule has 0 aliphatic heterocycles. The lowest BCUT2D eigenvalue weighted by atomic mass is 9.98. The van der Waals surface area contributed by atoms with Crippen molar-refractivity contribution in [2.75, 3.05) is 11.9 Å². The number of aromatic nitrogens is 2. The van der Waals surface area contributed by atoms with Gasteiger partial charge in [0.15, 0.2) is 0 Å². The Kier molecular flexibility index (Phi) is 6.30. The molecule has 0 fully saturated rings. The van der Waals surface area contributed by atoms with Gasteiger partial charge in [-0.15, -0.1) is 0 Å². The highest BCUT2D eigenvalue weighted by molar-refractivity contribution is 5.98. The van der Waals surface area contributed by atoms with Gasteiger partial charge in [0.25, 0.3) is 0 Å². The van der Waals surface area contributed by atoms with Crippen LogP contribution in [0.4, 0.5) is 10.5 Å². The van der Waals surface area contributed by atoms with E-state index in [0.717, 1.165) is 22.3 Å². The predicted octanol–water partition coefficient (Wildman–Crippen LogP) is 3.11. The van der Waals surface area contributed by atoms with Crippen molar-refractivity contribution in [2.24, 2.45) is 0 Å². The summed E-state index contributed by atoms with van der Waals surface area (Å²) in [4.78, 5) is 36.4. The maximum atomic E-state index is 12.6.